The minimum Gasteiger partial charge on any atom is -0.280 e. The van der Waals surface area contributed by atoms with Crippen molar-refractivity contribution in [2.24, 2.45) is 0 Å². The Morgan fingerprint density at radius 3 is 2.75 bits per heavy atom. The van der Waals surface area contributed by atoms with Gasteiger partial charge in [-0.05, 0) is 12.5 Å². The highest BCUT2D eigenvalue weighted by atomic mass is 16.6. The monoisotopic (exact) mass is 113 g/mol. The van der Waals surface area contributed by atoms with Crippen molar-refractivity contribution in [2.75, 3.05) is 7.11 Å². The molecule has 0 aliphatic heterocycles. The number of hydrogen-bond acceptors (Lipinski definition) is 2. The van der Waals surface area contributed by atoms with E-state index in [0.717, 1.165) is 5.57 Å². The lowest BCUT2D eigenvalue weighted by atomic mass is 10.3. The van der Waals surface area contributed by atoms with E-state index in [1.807, 2.05) is 6.92 Å². The van der Waals surface area contributed by atoms with E-state index < -0.39 is 0 Å². The number of hydrogen-bond donors (Lipinski definition) is 1. The van der Waals surface area contributed by atoms with Crippen LogP contribution < -0.4 is 5.48 Å². The summed E-state index contributed by atoms with van der Waals surface area (Å²) in [4.78, 5) is 4.54. The lowest BCUT2D eigenvalue weighted by Gasteiger charge is -1.93. The van der Waals surface area contributed by atoms with Crippen LogP contribution in [-0.2, 0) is 4.84 Å². The molecule has 0 unspecified atom stereocenters. The average Bonchev–Trinajstić information content (AvgIpc) is 1.83. The van der Waals surface area contributed by atoms with Gasteiger partial charge in [-0.2, -0.15) is 0 Å². The van der Waals surface area contributed by atoms with Crippen LogP contribution in [0.4, 0.5) is 0 Å². The van der Waals surface area contributed by atoms with E-state index in [4.69, 9.17) is 0 Å². The molecule has 0 aromatic heterocycles. The van der Waals surface area contributed by atoms with Gasteiger partial charge in [0, 0.05) is 6.20 Å². The van der Waals surface area contributed by atoms with Crippen molar-refractivity contribution in [3.8, 4) is 0 Å². The molecular formula is C6H11NO. The zero-order valence-electron chi connectivity index (χ0n) is 5.27. The van der Waals surface area contributed by atoms with Crippen LogP contribution in [0.2, 0.25) is 0 Å². The first-order valence-corrected chi connectivity index (χ1v) is 2.39. The largest absolute Gasteiger partial charge is 0.280 e. The van der Waals surface area contributed by atoms with Crippen molar-refractivity contribution in [3.63, 3.8) is 0 Å². The summed E-state index contributed by atoms with van der Waals surface area (Å²) >= 11 is 0. The van der Waals surface area contributed by atoms with Gasteiger partial charge in [-0.1, -0.05) is 12.7 Å². The Morgan fingerprint density at radius 2 is 2.38 bits per heavy atom. The molecule has 1 N–H and O–H groups in total. The molecule has 0 radical (unpaired) electrons. The van der Waals surface area contributed by atoms with Crippen LogP contribution >= 0.6 is 0 Å². The highest BCUT2D eigenvalue weighted by molar-refractivity contribution is 5.10. The van der Waals surface area contributed by atoms with Crippen molar-refractivity contribution in [2.45, 2.75) is 6.92 Å². The second kappa shape index (κ2) is 4.40. The smallest absolute Gasteiger partial charge is 0.0636 e. The van der Waals surface area contributed by atoms with E-state index in [-0.39, 0.29) is 0 Å². The fourth-order valence-corrected chi connectivity index (χ4v) is 0.211. The van der Waals surface area contributed by atoms with E-state index in [9.17, 15) is 0 Å². The molecule has 46 valence electrons. The lowest BCUT2D eigenvalue weighted by Crippen LogP contribution is -2.01. The fraction of sp³-hybridized carbons (Fsp3) is 0.333. The second-order valence-corrected chi connectivity index (χ2v) is 1.41. The van der Waals surface area contributed by atoms with Crippen molar-refractivity contribution in [1.29, 1.82) is 0 Å². The summed E-state index contributed by atoms with van der Waals surface area (Å²) in [7, 11) is 1.56. The predicted octanol–water partition coefficient (Wildman–Crippen LogP) is 1.23. The Balaban J connectivity index is 3.40. The third-order valence-corrected chi connectivity index (χ3v) is 0.726. The van der Waals surface area contributed by atoms with Crippen molar-refractivity contribution >= 4 is 0 Å². The molecule has 0 rings (SSSR count). The summed E-state index contributed by atoms with van der Waals surface area (Å²) in [6, 6.07) is 0. The van der Waals surface area contributed by atoms with E-state index in [2.05, 4.69) is 16.9 Å². The highest BCUT2D eigenvalue weighted by Gasteiger charge is 1.73. The van der Waals surface area contributed by atoms with Crippen molar-refractivity contribution in [1.82, 2.24) is 5.48 Å². The summed E-state index contributed by atoms with van der Waals surface area (Å²) in [6.45, 7) is 5.48. The number of hydroxylamine groups is 1. The maximum absolute atomic E-state index is 4.54. The molecule has 0 saturated heterocycles. The van der Waals surface area contributed by atoms with Crippen molar-refractivity contribution in [3.05, 3.63) is 24.4 Å². The third-order valence-electron chi connectivity index (χ3n) is 0.726. The van der Waals surface area contributed by atoms with Gasteiger partial charge in [-0.3, -0.25) is 10.3 Å². The van der Waals surface area contributed by atoms with Crippen LogP contribution in [0.3, 0.4) is 0 Å². The van der Waals surface area contributed by atoms with Crippen LogP contribution in [0, 0.1) is 0 Å². The molecule has 8 heavy (non-hydrogen) atoms. The second-order valence-electron chi connectivity index (χ2n) is 1.41. The zero-order chi connectivity index (χ0) is 6.41. The van der Waals surface area contributed by atoms with Crippen LogP contribution in [-0.4, -0.2) is 7.11 Å². The molecule has 2 heteroatoms. The number of nitrogens with one attached hydrogen (secondary N) is 1. The maximum atomic E-state index is 4.54. The molecule has 0 atom stereocenters. The van der Waals surface area contributed by atoms with E-state index in [1.165, 1.54) is 0 Å². The first-order valence-electron chi connectivity index (χ1n) is 2.39. The highest BCUT2D eigenvalue weighted by Crippen LogP contribution is 1.87. The lowest BCUT2D eigenvalue weighted by molar-refractivity contribution is 0.128. The minimum absolute atomic E-state index is 1.05. The van der Waals surface area contributed by atoms with Gasteiger partial charge in [-0.15, -0.1) is 0 Å². The maximum Gasteiger partial charge on any atom is 0.0636 e. The standard InChI is InChI=1S/C6H11NO/c1-4-6(2)5-7-8-3/h4-5,7H,1H2,2-3H3/b6-5-. The van der Waals surface area contributed by atoms with E-state index in [1.54, 1.807) is 19.4 Å². The van der Waals surface area contributed by atoms with Crippen LogP contribution in [0.15, 0.2) is 24.4 Å². The SMILES string of the molecule is C=C/C(C)=C\NOC. The molecule has 2 nitrogen and oxygen atoms in total. The average molecular weight is 113 g/mol. The topological polar surface area (TPSA) is 21.3 Å². The summed E-state index contributed by atoms with van der Waals surface area (Å²) < 4.78 is 0. The summed E-state index contributed by atoms with van der Waals surface area (Å²) in [6.07, 6.45) is 3.47. The Hall–Kier alpha value is -0.760. The first-order chi connectivity index (χ1) is 3.81. The molecule has 0 bridgehead atoms. The van der Waals surface area contributed by atoms with Crippen LogP contribution in [0.1, 0.15) is 6.92 Å². The predicted molar refractivity (Wildman–Crippen MR) is 34.1 cm³/mol. The van der Waals surface area contributed by atoms with Gasteiger partial charge < -0.3 is 0 Å². The van der Waals surface area contributed by atoms with E-state index >= 15 is 0 Å². The Kier molecular flexibility index (Phi) is 3.98. The van der Waals surface area contributed by atoms with Crippen molar-refractivity contribution < 1.29 is 4.84 Å². The molecule has 0 heterocycles. The molecule has 0 fully saturated rings. The van der Waals surface area contributed by atoms with Gasteiger partial charge in [-0.25, -0.2) is 0 Å². The zero-order valence-corrected chi connectivity index (χ0v) is 5.27. The summed E-state index contributed by atoms with van der Waals surface area (Å²) in [5.41, 5.74) is 3.61. The molecule has 0 saturated carbocycles. The summed E-state index contributed by atoms with van der Waals surface area (Å²) in [5.74, 6) is 0. The molecular weight excluding hydrogens is 102 g/mol. The Morgan fingerprint density at radius 1 is 1.75 bits per heavy atom. The number of allylic oxidation sites excluding steroid dienone is 2. The summed E-state index contributed by atoms with van der Waals surface area (Å²) in [5, 5.41) is 0. The quantitative estimate of drug-likeness (QED) is 0.439. The molecule has 0 aliphatic rings. The molecule has 0 aromatic rings. The molecule has 0 aliphatic carbocycles. The van der Waals surface area contributed by atoms with Gasteiger partial charge in [0.2, 0.25) is 0 Å². The van der Waals surface area contributed by atoms with Crippen LogP contribution in [0.25, 0.3) is 0 Å². The third kappa shape index (κ3) is 3.43. The Bertz CT molecular complexity index is 96.7. The van der Waals surface area contributed by atoms with Gasteiger partial charge >= 0.3 is 0 Å². The molecule has 0 aromatic carbocycles. The molecule has 0 spiro atoms. The minimum atomic E-state index is 1.05. The van der Waals surface area contributed by atoms with Gasteiger partial charge in [0.15, 0.2) is 0 Å². The molecule has 0 amide bonds. The Labute approximate surface area is 49.8 Å². The van der Waals surface area contributed by atoms with Crippen LogP contribution in [0.5, 0.6) is 0 Å². The first kappa shape index (κ1) is 7.24. The van der Waals surface area contributed by atoms with Gasteiger partial charge in [0.1, 0.15) is 0 Å². The van der Waals surface area contributed by atoms with Gasteiger partial charge in [0.25, 0.3) is 0 Å². The van der Waals surface area contributed by atoms with E-state index in [0.29, 0.717) is 0 Å². The number of rotatable bonds is 3. The van der Waals surface area contributed by atoms with Gasteiger partial charge in [0.05, 0.1) is 7.11 Å². The fourth-order valence-electron chi connectivity index (χ4n) is 0.211. The normalized spacial score (nSPS) is 11.0.